The zero-order valence-corrected chi connectivity index (χ0v) is 12.3. The van der Waals surface area contributed by atoms with Gasteiger partial charge in [-0.1, -0.05) is 63.2 Å². The number of rotatable bonds is 1. The van der Waals surface area contributed by atoms with Gasteiger partial charge in [0.15, 0.2) is 0 Å². The number of fused-ring (bicyclic) bond motifs is 1. The van der Waals surface area contributed by atoms with Crippen molar-refractivity contribution in [2.75, 3.05) is 0 Å². The van der Waals surface area contributed by atoms with Crippen LogP contribution in [0.5, 0.6) is 5.75 Å². The molecule has 1 aliphatic carbocycles. The molecule has 0 atom stereocenters. The van der Waals surface area contributed by atoms with Crippen molar-refractivity contribution in [2.24, 2.45) is 0 Å². The van der Waals surface area contributed by atoms with Crippen LogP contribution in [-0.4, -0.2) is 5.11 Å². The van der Waals surface area contributed by atoms with Crippen molar-refractivity contribution in [2.45, 2.75) is 32.6 Å². The molecule has 102 valence electrons. The summed E-state index contributed by atoms with van der Waals surface area (Å²) in [6.07, 6.45) is 3.18. The first-order valence-corrected chi connectivity index (χ1v) is 7.10. The van der Waals surface area contributed by atoms with Crippen LogP contribution in [0.2, 0.25) is 0 Å². The fourth-order valence-corrected chi connectivity index (χ4v) is 2.97. The van der Waals surface area contributed by atoms with E-state index in [1.54, 1.807) is 6.07 Å². The molecule has 0 amide bonds. The lowest BCUT2D eigenvalue weighted by molar-refractivity contribution is 0.469. The third-order valence-electron chi connectivity index (χ3n) is 3.95. The molecule has 1 heteroatoms. The Balaban J connectivity index is 2.22. The molecule has 0 unspecified atom stereocenters. The monoisotopic (exact) mass is 264 g/mol. The number of benzene rings is 2. The van der Waals surface area contributed by atoms with Crippen LogP contribution in [0.3, 0.4) is 0 Å². The molecule has 0 fully saturated rings. The maximum atomic E-state index is 10.4. The van der Waals surface area contributed by atoms with Gasteiger partial charge in [-0.25, -0.2) is 0 Å². The first-order valence-electron chi connectivity index (χ1n) is 7.10. The predicted octanol–water partition coefficient (Wildman–Crippen LogP) is 4.68. The van der Waals surface area contributed by atoms with E-state index in [-0.39, 0.29) is 5.41 Å². The van der Waals surface area contributed by atoms with Crippen LogP contribution in [0.1, 0.15) is 43.0 Å². The van der Waals surface area contributed by atoms with Crippen LogP contribution < -0.4 is 0 Å². The van der Waals surface area contributed by atoms with Gasteiger partial charge in [-0.05, 0) is 40.2 Å². The minimum absolute atomic E-state index is 0.00640. The van der Waals surface area contributed by atoms with E-state index in [2.05, 4.69) is 57.2 Å². The molecule has 0 saturated heterocycles. The Bertz CT molecular complexity index is 687. The zero-order chi connectivity index (χ0) is 14.3. The lowest BCUT2D eigenvalue weighted by atomic mass is 9.80. The maximum absolute atomic E-state index is 10.4. The number of phenolic OH excluding ortho intramolecular Hbond substituents is 1. The van der Waals surface area contributed by atoms with Crippen LogP contribution in [0.25, 0.3) is 5.57 Å². The van der Waals surface area contributed by atoms with Crippen molar-refractivity contribution < 1.29 is 5.11 Å². The largest absolute Gasteiger partial charge is 0.507 e. The van der Waals surface area contributed by atoms with Crippen LogP contribution in [0.15, 0.2) is 48.5 Å². The molecule has 1 nitrogen and oxygen atoms in total. The molecule has 0 aromatic heterocycles. The van der Waals surface area contributed by atoms with E-state index in [4.69, 9.17) is 0 Å². The van der Waals surface area contributed by atoms with Gasteiger partial charge in [0.1, 0.15) is 5.75 Å². The van der Waals surface area contributed by atoms with Crippen LogP contribution >= 0.6 is 0 Å². The van der Waals surface area contributed by atoms with Gasteiger partial charge in [-0.3, -0.25) is 0 Å². The van der Waals surface area contributed by atoms with E-state index in [0.29, 0.717) is 5.75 Å². The van der Waals surface area contributed by atoms with Crippen molar-refractivity contribution in [3.05, 3.63) is 70.8 Å². The average molecular weight is 264 g/mol. The summed E-state index contributed by atoms with van der Waals surface area (Å²) in [5.41, 5.74) is 5.95. The maximum Gasteiger partial charge on any atom is 0.123 e. The molecule has 2 aromatic carbocycles. The quantitative estimate of drug-likeness (QED) is 0.793. The molecule has 0 radical (unpaired) electrons. The Labute approximate surface area is 120 Å². The van der Waals surface area contributed by atoms with E-state index < -0.39 is 0 Å². The summed E-state index contributed by atoms with van der Waals surface area (Å²) in [4.78, 5) is 0. The van der Waals surface area contributed by atoms with Gasteiger partial charge in [0.05, 0.1) is 0 Å². The molecule has 0 heterocycles. The third-order valence-corrected chi connectivity index (χ3v) is 3.95. The lowest BCUT2D eigenvalue weighted by Crippen LogP contribution is -2.14. The van der Waals surface area contributed by atoms with Crippen molar-refractivity contribution >= 4 is 5.57 Å². The fourth-order valence-electron chi connectivity index (χ4n) is 2.97. The Kier molecular flexibility index (Phi) is 2.93. The predicted molar refractivity (Wildman–Crippen MR) is 84.0 cm³/mol. The van der Waals surface area contributed by atoms with Gasteiger partial charge in [0, 0.05) is 5.56 Å². The highest BCUT2D eigenvalue weighted by atomic mass is 16.3. The van der Waals surface area contributed by atoms with E-state index >= 15 is 0 Å². The highest BCUT2D eigenvalue weighted by Gasteiger charge is 2.25. The van der Waals surface area contributed by atoms with Gasteiger partial charge in [0.2, 0.25) is 0 Å². The second-order valence-corrected chi connectivity index (χ2v) is 6.43. The highest BCUT2D eigenvalue weighted by Crippen LogP contribution is 2.42. The molecule has 3 rings (SSSR count). The Hall–Kier alpha value is -2.02. The number of hydrogen-bond acceptors (Lipinski definition) is 1. The fraction of sp³-hybridized carbons (Fsp3) is 0.263. The van der Waals surface area contributed by atoms with E-state index in [1.807, 2.05) is 6.07 Å². The minimum Gasteiger partial charge on any atom is -0.507 e. The van der Waals surface area contributed by atoms with Crippen LogP contribution in [-0.2, 0) is 11.8 Å². The zero-order valence-electron chi connectivity index (χ0n) is 12.3. The van der Waals surface area contributed by atoms with Crippen molar-refractivity contribution in [1.82, 2.24) is 0 Å². The lowest BCUT2D eigenvalue weighted by Gasteiger charge is -2.24. The molecule has 0 bridgehead atoms. The van der Waals surface area contributed by atoms with Gasteiger partial charge < -0.3 is 5.11 Å². The summed E-state index contributed by atoms with van der Waals surface area (Å²) in [6.45, 7) is 6.56. The summed E-state index contributed by atoms with van der Waals surface area (Å²) in [5.74, 6) is 0.375. The Morgan fingerprint density at radius 2 is 1.70 bits per heavy atom. The number of phenols is 1. The van der Waals surface area contributed by atoms with Gasteiger partial charge in [0.25, 0.3) is 0 Å². The first-order chi connectivity index (χ1) is 9.48. The first kappa shape index (κ1) is 13.0. The topological polar surface area (TPSA) is 20.2 Å². The molecule has 20 heavy (non-hydrogen) atoms. The van der Waals surface area contributed by atoms with Crippen LogP contribution in [0, 0.1) is 0 Å². The number of aromatic hydroxyl groups is 1. The highest BCUT2D eigenvalue weighted by molar-refractivity contribution is 5.88. The standard InChI is InChI=1S/C19H20O/c1-19(2,3)16-9-6-10-17(20)18(16)15-12-11-13-7-4-5-8-14(13)15/h4-10,12,20H,11H2,1-3H3. The van der Waals surface area contributed by atoms with E-state index in [9.17, 15) is 5.11 Å². The summed E-state index contributed by atoms with van der Waals surface area (Å²) in [7, 11) is 0. The Morgan fingerprint density at radius 1 is 0.950 bits per heavy atom. The third kappa shape index (κ3) is 2.03. The summed E-state index contributed by atoms with van der Waals surface area (Å²) in [5, 5.41) is 10.4. The van der Waals surface area contributed by atoms with E-state index in [0.717, 1.165) is 12.0 Å². The average Bonchev–Trinajstić information content (AvgIpc) is 2.81. The SMILES string of the molecule is CC(C)(C)c1cccc(O)c1C1=CCc2ccccc21. The van der Waals surface area contributed by atoms with Crippen molar-refractivity contribution in [1.29, 1.82) is 0 Å². The molecule has 1 aliphatic rings. The van der Waals surface area contributed by atoms with E-state index in [1.165, 1.54) is 22.3 Å². The summed E-state index contributed by atoms with van der Waals surface area (Å²) >= 11 is 0. The summed E-state index contributed by atoms with van der Waals surface area (Å²) < 4.78 is 0. The molecular weight excluding hydrogens is 244 g/mol. The van der Waals surface area contributed by atoms with Crippen LogP contribution in [0.4, 0.5) is 0 Å². The minimum atomic E-state index is 0.00640. The van der Waals surface area contributed by atoms with Crippen molar-refractivity contribution in [3.63, 3.8) is 0 Å². The second-order valence-electron chi connectivity index (χ2n) is 6.43. The van der Waals surface area contributed by atoms with Gasteiger partial charge >= 0.3 is 0 Å². The number of allylic oxidation sites excluding steroid dienone is 1. The Morgan fingerprint density at radius 3 is 2.45 bits per heavy atom. The summed E-state index contributed by atoms with van der Waals surface area (Å²) in [6, 6.07) is 14.3. The molecule has 0 aliphatic heterocycles. The van der Waals surface area contributed by atoms with Crippen molar-refractivity contribution in [3.8, 4) is 5.75 Å². The molecule has 0 saturated carbocycles. The molecule has 0 spiro atoms. The second kappa shape index (κ2) is 4.52. The molecule has 2 aromatic rings. The molecule has 1 N–H and O–H groups in total. The smallest absolute Gasteiger partial charge is 0.123 e. The number of hydrogen-bond donors (Lipinski definition) is 1. The van der Waals surface area contributed by atoms with Gasteiger partial charge in [-0.15, -0.1) is 0 Å². The normalized spacial score (nSPS) is 14.1. The molecular formula is C19H20O. The van der Waals surface area contributed by atoms with Gasteiger partial charge in [-0.2, -0.15) is 0 Å².